The van der Waals surface area contributed by atoms with Crippen LogP contribution in [0.3, 0.4) is 0 Å². The van der Waals surface area contributed by atoms with Gasteiger partial charge in [-0.2, -0.15) is 0 Å². The Morgan fingerprint density at radius 1 is 0.417 bits per heavy atom. The van der Waals surface area contributed by atoms with Crippen molar-refractivity contribution in [2.45, 2.75) is 19.3 Å². The molecule has 0 atom stereocenters. The van der Waals surface area contributed by atoms with Crippen LogP contribution in [0, 0.1) is 0 Å². The van der Waals surface area contributed by atoms with E-state index in [9.17, 15) is 52.7 Å². The maximum absolute atomic E-state index is 12.6. The van der Waals surface area contributed by atoms with Gasteiger partial charge in [-0.15, -0.1) is 0 Å². The van der Waals surface area contributed by atoms with Crippen molar-refractivity contribution in [1.82, 2.24) is 9.80 Å². The summed E-state index contributed by atoms with van der Waals surface area (Å²) < 4.78 is 9.06. The van der Waals surface area contributed by atoms with Gasteiger partial charge in [-0.3, -0.25) is 43.4 Å². The second-order valence-corrected chi connectivity index (χ2v) is 13.1. The maximum Gasteiger partial charge on any atom is 0.346 e. The minimum absolute atomic E-state index is 0.0694. The Balaban J connectivity index is 0.000000186. The fraction of sp³-hybridized carbons (Fsp3) is 0.146. The SMILES string of the molecule is NCCC(=O)O.O=C(O)CCN1C(=O)c2ccc(-c3ccc4c(c3)C(=O)N(CCC(=O)O)C4=O)cc2C1=O.O=C1OC(=O)c2cc(-c3ccc4c(c3)C(=O)OC4=O)ccc21. The normalized spacial score (nSPS) is 14.3. The highest BCUT2D eigenvalue weighted by Gasteiger charge is 2.38. The van der Waals surface area contributed by atoms with Crippen LogP contribution in [0.15, 0.2) is 72.8 Å². The molecule has 4 aliphatic rings. The molecule has 0 spiro atoms. The molecular formula is C41H29N3O16. The molecule has 60 heavy (non-hydrogen) atoms. The van der Waals surface area contributed by atoms with Gasteiger partial charge in [0.15, 0.2) is 0 Å². The second-order valence-electron chi connectivity index (χ2n) is 13.1. The fourth-order valence-electron chi connectivity index (χ4n) is 6.41. The van der Waals surface area contributed by atoms with E-state index in [2.05, 4.69) is 9.47 Å². The number of carbonyl (C=O) groups excluding carboxylic acids is 8. The third kappa shape index (κ3) is 8.13. The minimum atomic E-state index is -1.13. The molecule has 4 aliphatic heterocycles. The van der Waals surface area contributed by atoms with Crippen molar-refractivity contribution in [2.24, 2.45) is 5.73 Å². The molecule has 0 aliphatic carbocycles. The van der Waals surface area contributed by atoms with Crippen LogP contribution >= 0.6 is 0 Å². The number of ether oxygens (including phenoxy) is 2. The number of hydrogen-bond acceptors (Lipinski definition) is 14. The monoisotopic (exact) mass is 819 g/mol. The first-order valence-electron chi connectivity index (χ1n) is 17.7. The van der Waals surface area contributed by atoms with Crippen LogP contribution in [0.25, 0.3) is 22.3 Å². The molecule has 0 fully saturated rings. The lowest BCUT2D eigenvalue weighted by Crippen LogP contribution is -2.31. The van der Waals surface area contributed by atoms with E-state index < -0.39 is 65.4 Å². The highest BCUT2D eigenvalue weighted by molar-refractivity contribution is 6.23. The molecule has 8 rings (SSSR count). The highest BCUT2D eigenvalue weighted by Crippen LogP contribution is 2.33. The van der Waals surface area contributed by atoms with Gasteiger partial charge in [0.1, 0.15) is 0 Å². The average molecular weight is 820 g/mol. The fourth-order valence-corrected chi connectivity index (χ4v) is 6.41. The minimum Gasteiger partial charge on any atom is -0.481 e. The van der Waals surface area contributed by atoms with Gasteiger partial charge in [-0.1, -0.05) is 24.3 Å². The molecular weight excluding hydrogens is 790 g/mol. The van der Waals surface area contributed by atoms with Crippen molar-refractivity contribution in [1.29, 1.82) is 0 Å². The predicted molar refractivity (Wildman–Crippen MR) is 200 cm³/mol. The largest absolute Gasteiger partial charge is 0.481 e. The summed E-state index contributed by atoms with van der Waals surface area (Å²) >= 11 is 0. The number of cyclic esters (lactones) is 4. The predicted octanol–water partition coefficient (Wildman–Crippen LogP) is 2.89. The zero-order valence-electron chi connectivity index (χ0n) is 30.8. The number of nitrogens with zero attached hydrogens (tertiary/aromatic N) is 2. The zero-order valence-corrected chi connectivity index (χ0v) is 30.8. The van der Waals surface area contributed by atoms with Crippen LogP contribution < -0.4 is 5.73 Å². The Bertz CT molecular complexity index is 2460. The number of benzene rings is 4. The van der Waals surface area contributed by atoms with E-state index in [1.807, 2.05) is 0 Å². The average Bonchev–Trinajstić information content (AvgIpc) is 3.84. The maximum atomic E-state index is 12.6. The van der Waals surface area contributed by atoms with Gasteiger partial charge in [0.25, 0.3) is 23.6 Å². The van der Waals surface area contributed by atoms with Gasteiger partial charge in [0.05, 0.1) is 63.8 Å². The van der Waals surface area contributed by atoms with E-state index in [4.69, 9.17) is 21.1 Å². The Kier molecular flexibility index (Phi) is 11.6. The number of fused-ring (bicyclic) bond motifs is 4. The number of amides is 4. The number of carbonyl (C=O) groups is 11. The number of carboxylic acid groups (broad SMARTS) is 3. The number of nitrogens with two attached hydrogens (primary N) is 1. The number of carboxylic acids is 3. The summed E-state index contributed by atoms with van der Waals surface area (Å²) in [4.78, 5) is 129. The molecule has 0 saturated heterocycles. The quantitative estimate of drug-likeness (QED) is 0.102. The van der Waals surface area contributed by atoms with Crippen LogP contribution in [0.4, 0.5) is 0 Å². The molecule has 4 amide bonds. The second kappa shape index (κ2) is 16.7. The molecule has 0 bridgehead atoms. The molecule has 0 radical (unpaired) electrons. The van der Waals surface area contributed by atoms with Crippen molar-refractivity contribution in [3.05, 3.63) is 117 Å². The summed E-state index contributed by atoms with van der Waals surface area (Å²) in [6, 6.07) is 18.4. The topological polar surface area (TPSA) is 299 Å². The lowest BCUT2D eigenvalue weighted by molar-refractivity contribution is -0.138. The summed E-state index contributed by atoms with van der Waals surface area (Å²) in [6.07, 6.45) is -0.657. The standard InChI is InChI=1S/C22H16N2O8.C16H6O6.C3H7NO2/c25-17(26)5-7-23-19(29)13-3-1-11(9-15(13)21(23)31)12-2-4-14-16(10-12)22(32)24(20(14)30)8-6-18(27)28;17-13-9-3-1-7(5-11(9)15(19)21-13)8-2-4-10-12(6-8)16(20)22-14(10)18;4-2-1-3(5)6/h1-4,9-10H,5-8H2,(H,25,26)(H,27,28);1-6H;1-2,4H2,(H,5,6). The Morgan fingerprint density at radius 2 is 0.700 bits per heavy atom. The molecule has 4 aromatic rings. The number of aliphatic carboxylic acids is 3. The van der Waals surface area contributed by atoms with Gasteiger partial charge in [-0.25, -0.2) is 19.2 Å². The summed E-state index contributed by atoms with van der Waals surface area (Å²) in [5.41, 5.74) is 8.52. The highest BCUT2D eigenvalue weighted by atomic mass is 16.6. The molecule has 4 aromatic carbocycles. The first-order valence-corrected chi connectivity index (χ1v) is 17.7. The molecule has 19 nitrogen and oxygen atoms in total. The number of esters is 4. The first-order chi connectivity index (χ1) is 28.5. The van der Waals surface area contributed by atoms with Crippen molar-refractivity contribution in [2.75, 3.05) is 19.6 Å². The van der Waals surface area contributed by atoms with E-state index in [1.165, 1.54) is 48.5 Å². The van der Waals surface area contributed by atoms with Gasteiger partial charge in [0, 0.05) is 19.6 Å². The molecule has 0 saturated carbocycles. The van der Waals surface area contributed by atoms with E-state index >= 15 is 0 Å². The van der Waals surface area contributed by atoms with E-state index in [-0.39, 0.29) is 83.4 Å². The third-order valence-corrected chi connectivity index (χ3v) is 9.35. The number of imide groups is 2. The number of rotatable bonds is 10. The van der Waals surface area contributed by atoms with Gasteiger partial charge >= 0.3 is 41.8 Å². The summed E-state index contributed by atoms with van der Waals surface area (Å²) in [6.45, 7) is -0.243. The Hall–Kier alpha value is -8.19. The van der Waals surface area contributed by atoms with E-state index in [1.54, 1.807) is 24.3 Å². The van der Waals surface area contributed by atoms with Crippen molar-refractivity contribution in [3.63, 3.8) is 0 Å². The van der Waals surface area contributed by atoms with Crippen LogP contribution in [-0.2, 0) is 23.9 Å². The summed E-state index contributed by atoms with van der Waals surface area (Å²) in [5.74, 6) is -8.16. The van der Waals surface area contributed by atoms with Gasteiger partial charge < -0.3 is 30.5 Å². The summed E-state index contributed by atoms with van der Waals surface area (Å²) in [7, 11) is 0. The zero-order chi connectivity index (χ0) is 43.6. The van der Waals surface area contributed by atoms with Gasteiger partial charge in [0.2, 0.25) is 0 Å². The van der Waals surface area contributed by atoms with Crippen molar-refractivity contribution < 1.29 is 77.5 Å². The van der Waals surface area contributed by atoms with Gasteiger partial charge in [-0.05, 0) is 70.8 Å². The summed E-state index contributed by atoms with van der Waals surface area (Å²) in [5, 5.41) is 25.5. The molecule has 0 unspecified atom stereocenters. The smallest absolute Gasteiger partial charge is 0.346 e. The van der Waals surface area contributed by atoms with Crippen LogP contribution in [0.2, 0.25) is 0 Å². The van der Waals surface area contributed by atoms with Crippen molar-refractivity contribution in [3.8, 4) is 22.3 Å². The van der Waals surface area contributed by atoms with E-state index in [0.717, 1.165) is 9.80 Å². The van der Waals surface area contributed by atoms with Crippen molar-refractivity contribution >= 4 is 65.4 Å². The lowest BCUT2D eigenvalue weighted by atomic mass is 9.97. The molecule has 4 heterocycles. The van der Waals surface area contributed by atoms with Crippen LogP contribution in [0.5, 0.6) is 0 Å². The van der Waals surface area contributed by atoms with E-state index in [0.29, 0.717) is 22.3 Å². The van der Waals surface area contributed by atoms with Crippen LogP contribution in [-0.4, -0.2) is 110 Å². The number of hydrogen-bond donors (Lipinski definition) is 4. The van der Waals surface area contributed by atoms with Crippen LogP contribution in [0.1, 0.15) is 102 Å². The molecule has 304 valence electrons. The first kappa shape index (κ1) is 41.4. The molecule has 0 aromatic heterocycles. The molecule has 19 heteroatoms. The molecule has 5 N–H and O–H groups in total. The Morgan fingerprint density at radius 3 is 1.00 bits per heavy atom. The Labute approximate surface area is 336 Å². The third-order valence-electron chi connectivity index (χ3n) is 9.35. The lowest BCUT2D eigenvalue weighted by Gasteiger charge is -2.11.